The maximum Gasteiger partial charge on any atom is 0.255 e. The van der Waals surface area contributed by atoms with E-state index < -0.39 is 0 Å². The number of ether oxygens (including phenoxy) is 1. The van der Waals surface area contributed by atoms with Gasteiger partial charge in [0.15, 0.2) is 0 Å². The second-order valence-electron chi connectivity index (χ2n) is 5.08. The summed E-state index contributed by atoms with van der Waals surface area (Å²) in [5, 5.41) is 6.29. The molecule has 1 amide bonds. The molecule has 0 spiro atoms. The first-order valence-corrected chi connectivity index (χ1v) is 6.73. The fourth-order valence-electron chi connectivity index (χ4n) is 2.21. The van der Waals surface area contributed by atoms with Crippen molar-refractivity contribution in [2.24, 2.45) is 0 Å². The van der Waals surface area contributed by atoms with Crippen molar-refractivity contribution in [1.29, 1.82) is 0 Å². The van der Waals surface area contributed by atoms with E-state index in [0.29, 0.717) is 18.8 Å². The molecule has 1 aliphatic rings. The normalized spacial score (nSPS) is 17.8. The van der Waals surface area contributed by atoms with Crippen LogP contribution in [0.25, 0.3) is 0 Å². The van der Waals surface area contributed by atoms with E-state index in [4.69, 9.17) is 4.74 Å². The van der Waals surface area contributed by atoms with Gasteiger partial charge in [0.2, 0.25) is 0 Å². The number of hydrogen-bond acceptors (Lipinski definition) is 4. The number of carbonyl (C=O) groups excluding carboxylic acids is 1. The van der Waals surface area contributed by atoms with Crippen molar-refractivity contribution < 1.29 is 9.53 Å². The molecule has 1 aromatic heterocycles. The Morgan fingerprint density at radius 2 is 2.21 bits per heavy atom. The minimum atomic E-state index is -0.186. The summed E-state index contributed by atoms with van der Waals surface area (Å²) in [7, 11) is 0. The van der Waals surface area contributed by atoms with E-state index in [1.807, 2.05) is 13.0 Å². The van der Waals surface area contributed by atoms with Gasteiger partial charge in [0.05, 0.1) is 11.3 Å². The molecule has 1 aromatic rings. The molecule has 104 valence electrons. The van der Waals surface area contributed by atoms with E-state index in [0.717, 1.165) is 25.1 Å². The zero-order chi connectivity index (χ0) is 13.7. The van der Waals surface area contributed by atoms with Gasteiger partial charge in [-0.2, -0.15) is 0 Å². The molecule has 2 N–H and O–H groups in total. The van der Waals surface area contributed by atoms with Crippen LogP contribution in [-0.4, -0.2) is 36.2 Å². The predicted molar refractivity (Wildman–Crippen MR) is 74.3 cm³/mol. The van der Waals surface area contributed by atoms with Crippen LogP contribution >= 0.6 is 0 Å². The monoisotopic (exact) mass is 263 g/mol. The van der Waals surface area contributed by atoms with Gasteiger partial charge in [0, 0.05) is 37.7 Å². The first-order valence-electron chi connectivity index (χ1n) is 6.73. The number of pyridine rings is 1. The third-order valence-corrected chi connectivity index (χ3v) is 3.44. The van der Waals surface area contributed by atoms with Gasteiger partial charge in [-0.15, -0.1) is 0 Å². The molecule has 0 atom stereocenters. The van der Waals surface area contributed by atoms with Crippen molar-refractivity contribution in [3.63, 3.8) is 0 Å². The Hall–Kier alpha value is -1.62. The van der Waals surface area contributed by atoms with Gasteiger partial charge in [0.25, 0.3) is 5.91 Å². The van der Waals surface area contributed by atoms with Crippen molar-refractivity contribution in [2.75, 3.05) is 25.1 Å². The van der Waals surface area contributed by atoms with Gasteiger partial charge in [-0.25, -0.2) is 0 Å². The standard InChI is InChI=1S/C14H21N3O2/c1-3-16-12-4-7-15-10-11(12)13(18)17-14(2)5-8-19-9-6-14/h4,7,10H,3,5-6,8-9H2,1-2H3,(H,15,16)(H,17,18). The van der Waals surface area contributed by atoms with Gasteiger partial charge < -0.3 is 15.4 Å². The van der Waals surface area contributed by atoms with Crippen LogP contribution in [0.1, 0.15) is 37.0 Å². The lowest BCUT2D eigenvalue weighted by Gasteiger charge is -2.34. The number of nitrogens with zero attached hydrogens (tertiary/aromatic N) is 1. The van der Waals surface area contributed by atoms with Crippen LogP contribution in [0.5, 0.6) is 0 Å². The Kier molecular flexibility index (Phi) is 4.37. The van der Waals surface area contributed by atoms with Crippen molar-refractivity contribution in [3.05, 3.63) is 24.0 Å². The zero-order valence-electron chi connectivity index (χ0n) is 11.5. The Bertz CT molecular complexity index is 442. The molecule has 1 fully saturated rings. The van der Waals surface area contributed by atoms with Gasteiger partial charge in [-0.1, -0.05) is 0 Å². The van der Waals surface area contributed by atoms with Crippen LogP contribution in [0, 0.1) is 0 Å². The largest absolute Gasteiger partial charge is 0.385 e. The Morgan fingerprint density at radius 1 is 1.47 bits per heavy atom. The summed E-state index contributed by atoms with van der Waals surface area (Å²) in [6.45, 7) is 6.24. The number of nitrogens with one attached hydrogen (secondary N) is 2. The summed E-state index contributed by atoms with van der Waals surface area (Å²) in [6.07, 6.45) is 4.98. The second-order valence-corrected chi connectivity index (χ2v) is 5.08. The molecule has 5 nitrogen and oxygen atoms in total. The van der Waals surface area contributed by atoms with Crippen LogP contribution in [-0.2, 0) is 4.74 Å². The van der Waals surface area contributed by atoms with Crippen LogP contribution in [0.2, 0.25) is 0 Å². The number of carbonyl (C=O) groups is 1. The number of aromatic nitrogens is 1. The minimum Gasteiger partial charge on any atom is -0.385 e. The number of amides is 1. The Labute approximate surface area is 113 Å². The molecule has 19 heavy (non-hydrogen) atoms. The van der Waals surface area contributed by atoms with E-state index in [1.165, 1.54) is 0 Å². The van der Waals surface area contributed by atoms with Crippen LogP contribution in [0.3, 0.4) is 0 Å². The summed E-state index contributed by atoms with van der Waals surface area (Å²) in [4.78, 5) is 16.4. The van der Waals surface area contributed by atoms with Crippen LogP contribution in [0.15, 0.2) is 18.5 Å². The number of hydrogen-bond donors (Lipinski definition) is 2. The average Bonchev–Trinajstić information content (AvgIpc) is 2.40. The molecule has 2 heterocycles. The summed E-state index contributed by atoms with van der Waals surface area (Å²) < 4.78 is 5.34. The van der Waals surface area contributed by atoms with E-state index in [1.54, 1.807) is 12.4 Å². The molecular formula is C14H21N3O2. The summed E-state index contributed by atoms with van der Waals surface area (Å²) >= 11 is 0. The van der Waals surface area contributed by atoms with Gasteiger partial charge in [0.1, 0.15) is 0 Å². The van der Waals surface area contributed by atoms with Crippen molar-refractivity contribution >= 4 is 11.6 Å². The third-order valence-electron chi connectivity index (χ3n) is 3.44. The Balaban J connectivity index is 2.11. The summed E-state index contributed by atoms with van der Waals surface area (Å²) in [5.41, 5.74) is 1.23. The lowest BCUT2D eigenvalue weighted by atomic mass is 9.92. The molecule has 5 heteroatoms. The smallest absolute Gasteiger partial charge is 0.255 e. The lowest BCUT2D eigenvalue weighted by Crippen LogP contribution is -2.49. The molecule has 1 aliphatic heterocycles. The number of rotatable bonds is 4. The third kappa shape index (κ3) is 3.44. The molecule has 0 saturated carbocycles. The fraction of sp³-hybridized carbons (Fsp3) is 0.571. The maximum atomic E-state index is 12.4. The highest BCUT2D eigenvalue weighted by atomic mass is 16.5. The fourth-order valence-corrected chi connectivity index (χ4v) is 2.21. The van der Waals surface area contributed by atoms with E-state index >= 15 is 0 Å². The molecule has 0 radical (unpaired) electrons. The quantitative estimate of drug-likeness (QED) is 0.869. The molecule has 2 rings (SSSR count). The molecule has 0 bridgehead atoms. The maximum absolute atomic E-state index is 12.4. The Morgan fingerprint density at radius 3 is 2.89 bits per heavy atom. The zero-order valence-corrected chi connectivity index (χ0v) is 11.5. The first kappa shape index (κ1) is 13.8. The molecule has 0 unspecified atom stereocenters. The second kappa shape index (κ2) is 6.02. The van der Waals surface area contributed by atoms with E-state index in [-0.39, 0.29) is 11.4 Å². The highest BCUT2D eigenvalue weighted by molar-refractivity contribution is 5.99. The van der Waals surface area contributed by atoms with Crippen LogP contribution < -0.4 is 10.6 Å². The highest BCUT2D eigenvalue weighted by Gasteiger charge is 2.29. The van der Waals surface area contributed by atoms with Crippen molar-refractivity contribution in [3.8, 4) is 0 Å². The minimum absolute atomic E-state index is 0.0755. The van der Waals surface area contributed by atoms with E-state index in [2.05, 4.69) is 22.5 Å². The first-order chi connectivity index (χ1) is 9.14. The van der Waals surface area contributed by atoms with Crippen molar-refractivity contribution in [2.45, 2.75) is 32.2 Å². The summed E-state index contributed by atoms with van der Waals surface area (Å²) in [5.74, 6) is -0.0755. The molecule has 0 aromatic carbocycles. The highest BCUT2D eigenvalue weighted by Crippen LogP contribution is 2.21. The van der Waals surface area contributed by atoms with E-state index in [9.17, 15) is 4.79 Å². The topological polar surface area (TPSA) is 63.2 Å². The lowest BCUT2D eigenvalue weighted by molar-refractivity contribution is 0.0423. The molecular weight excluding hydrogens is 242 g/mol. The van der Waals surface area contributed by atoms with Crippen molar-refractivity contribution in [1.82, 2.24) is 10.3 Å². The average molecular weight is 263 g/mol. The summed E-state index contributed by atoms with van der Waals surface area (Å²) in [6, 6.07) is 1.82. The molecule has 0 aliphatic carbocycles. The van der Waals surface area contributed by atoms with Crippen LogP contribution in [0.4, 0.5) is 5.69 Å². The predicted octanol–water partition coefficient (Wildman–Crippen LogP) is 1.81. The molecule has 1 saturated heterocycles. The SMILES string of the molecule is CCNc1ccncc1C(=O)NC1(C)CCOCC1. The van der Waals surface area contributed by atoms with Gasteiger partial charge >= 0.3 is 0 Å². The number of anilines is 1. The van der Waals surface area contributed by atoms with Gasteiger partial charge in [-0.3, -0.25) is 9.78 Å². The van der Waals surface area contributed by atoms with Gasteiger partial charge in [-0.05, 0) is 32.8 Å².